The normalized spacial score (nSPS) is 27.1. The summed E-state index contributed by atoms with van der Waals surface area (Å²) in [5, 5.41) is 1.90. The number of hydrogen-bond acceptors (Lipinski definition) is 1. The van der Waals surface area contributed by atoms with Gasteiger partial charge in [-0.3, -0.25) is 4.57 Å². The number of hydrogen-bond donors (Lipinski definition) is 0. The Hall–Kier alpha value is -1.63. The molecule has 106 valence electrons. The van der Waals surface area contributed by atoms with Crippen LogP contribution in [0.25, 0.3) is 0 Å². The van der Waals surface area contributed by atoms with E-state index in [1.54, 1.807) is 0 Å². The van der Waals surface area contributed by atoms with Gasteiger partial charge in [0.05, 0.1) is 0 Å². The number of nitrogens with zero attached hydrogens (tertiary/aromatic N) is 1. The fraction of sp³-hybridized carbons (Fsp3) is 0.222. The summed E-state index contributed by atoms with van der Waals surface area (Å²) in [5.41, 5.74) is 0. The average Bonchev–Trinajstić information content (AvgIpc) is 3.31. The van der Waals surface area contributed by atoms with Crippen molar-refractivity contribution in [3.05, 3.63) is 72.8 Å². The zero-order valence-corrected chi connectivity index (χ0v) is 12.7. The van der Waals surface area contributed by atoms with Crippen molar-refractivity contribution < 1.29 is 4.57 Å². The first-order chi connectivity index (χ1) is 10.3. The van der Waals surface area contributed by atoms with E-state index in [2.05, 4.69) is 16.8 Å². The molecule has 1 aliphatic carbocycles. The Labute approximate surface area is 125 Å². The minimum absolute atomic E-state index is 0.446. The van der Waals surface area contributed by atoms with Crippen LogP contribution in [0, 0.1) is 0 Å². The van der Waals surface area contributed by atoms with Crippen LogP contribution >= 0.6 is 7.29 Å². The minimum atomic E-state index is -2.70. The third kappa shape index (κ3) is 2.02. The second kappa shape index (κ2) is 4.98. The van der Waals surface area contributed by atoms with Gasteiger partial charge in [0, 0.05) is 22.7 Å². The molecule has 21 heavy (non-hydrogen) atoms. The molecular weight excluding hydrogens is 277 g/mol. The van der Waals surface area contributed by atoms with Gasteiger partial charge in [-0.25, -0.2) is 4.67 Å². The highest BCUT2D eigenvalue weighted by atomic mass is 31.2. The molecule has 0 amide bonds. The molecule has 3 heteroatoms. The van der Waals surface area contributed by atoms with Crippen molar-refractivity contribution in [1.29, 1.82) is 0 Å². The van der Waals surface area contributed by atoms with Crippen molar-refractivity contribution in [3.63, 3.8) is 0 Å². The maximum Gasteiger partial charge on any atom is 0.207 e. The Morgan fingerprint density at radius 1 is 0.762 bits per heavy atom. The van der Waals surface area contributed by atoms with Gasteiger partial charge in [0.2, 0.25) is 7.29 Å². The zero-order valence-electron chi connectivity index (χ0n) is 11.8. The van der Waals surface area contributed by atoms with E-state index in [1.807, 2.05) is 60.7 Å². The maximum absolute atomic E-state index is 14.0. The van der Waals surface area contributed by atoms with Crippen molar-refractivity contribution in [1.82, 2.24) is 4.67 Å². The highest BCUT2D eigenvalue weighted by Crippen LogP contribution is 2.60. The lowest BCUT2D eigenvalue weighted by Crippen LogP contribution is -2.23. The summed E-state index contributed by atoms with van der Waals surface area (Å²) < 4.78 is 16.3. The standard InChI is InChI=1S/C18H18NOP/c20-21(15-9-3-1-4-10-15,16-11-5-2-6-12-16)19-17-13-7-8-14-18(17)19/h1-12,17-18H,13-14H2/t17-,18-/m1/s1. The molecule has 1 saturated heterocycles. The molecule has 0 saturated carbocycles. The summed E-state index contributed by atoms with van der Waals surface area (Å²) in [4.78, 5) is 0. The van der Waals surface area contributed by atoms with Crippen LogP contribution in [0.3, 0.4) is 0 Å². The van der Waals surface area contributed by atoms with E-state index in [-0.39, 0.29) is 0 Å². The van der Waals surface area contributed by atoms with Gasteiger partial charge in [0.1, 0.15) is 0 Å². The Morgan fingerprint density at radius 3 is 1.62 bits per heavy atom. The summed E-state index contributed by atoms with van der Waals surface area (Å²) in [6.07, 6.45) is 6.49. The largest absolute Gasteiger partial charge is 0.296 e. The van der Waals surface area contributed by atoms with Gasteiger partial charge in [0.25, 0.3) is 0 Å². The van der Waals surface area contributed by atoms with Crippen molar-refractivity contribution >= 4 is 17.9 Å². The van der Waals surface area contributed by atoms with Gasteiger partial charge in [-0.1, -0.05) is 48.6 Å². The Balaban J connectivity index is 1.83. The molecule has 1 fully saturated rings. The van der Waals surface area contributed by atoms with Crippen LogP contribution in [0.2, 0.25) is 0 Å². The Kier molecular flexibility index (Phi) is 3.10. The van der Waals surface area contributed by atoms with Crippen molar-refractivity contribution in [2.45, 2.75) is 24.9 Å². The molecule has 0 spiro atoms. The maximum atomic E-state index is 14.0. The van der Waals surface area contributed by atoms with Gasteiger partial charge < -0.3 is 0 Å². The van der Waals surface area contributed by atoms with Crippen LogP contribution in [-0.2, 0) is 4.57 Å². The summed E-state index contributed by atoms with van der Waals surface area (Å²) >= 11 is 0. The summed E-state index contributed by atoms with van der Waals surface area (Å²) in [7, 11) is -2.70. The SMILES string of the molecule is O=P(c1ccccc1)(c1ccccc1)N1[C@@H]2CC=CC[C@H]21. The van der Waals surface area contributed by atoms with E-state index >= 15 is 0 Å². The van der Waals surface area contributed by atoms with Crippen molar-refractivity contribution in [3.8, 4) is 0 Å². The van der Waals surface area contributed by atoms with Crippen LogP contribution in [-0.4, -0.2) is 16.8 Å². The van der Waals surface area contributed by atoms with Gasteiger partial charge in [0.15, 0.2) is 0 Å². The first-order valence-corrected chi connectivity index (χ1v) is 9.13. The molecule has 0 aromatic heterocycles. The molecule has 2 aliphatic rings. The lowest BCUT2D eigenvalue weighted by Gasteiger charge is -2.21. The van der Waals surface area contributed by atoms with Crippen LogP contribution in [0.1, 0.15) is 12.8 Å². The predicted molar refractivity (Wildman–Crippen MR) is 87.5 cm³/mol. The van der Waals surface area contributed by atoms with Gasteiger partial charge >= 0.3 is 0 Å². The molecule has 2 aromatic carbocycles. The quantitative estimate of drug-likeness (QED) is 0.492. The smallest absolute Gasteiger partial charge is 0.207 e. The molecule has 0 bridgehead atoms. The Bertz CT molecular complexity index is 653. The molecule has 0 radical (unpaired) electrons. The van der Waals surface area contributed by atoms with Crippen molar-refractivity contribution in [2.24, 2.45) is 0 Å². The summed E-state index contributed by atoms with van der Waals surface area (Å²) in [5.74, 6) is 0. The zero-order chi connectivity index (χ0) is 14.3. The first-order valence-electron chi connectivity index (χ1n) is 7.47. The molecule has 2 aromatic rings. The van der Waals surface area contributed by atoms with Gasteiger partial charge in [-0.2, -0.15) is 0 Å². The van der Waals surface area contributed by atoms with Gasteiger partial charge in [-0.05, 0) is 37.1 Å². The van der Waals surface area contributed by atoms with Crippen LogP contribution in [0.15, 0.2) is 72.8 Å². The lowest BCUT2D eigenvalue weighted by atomic mass is 10.1. The summed E-state index contributed by atoms with van der Waals surface area (Å²) in [6, 6.07) is 20.8. The van der Waals surface area contributed by atoms with E-state index in [1.165, 1.54) is 0 Å². The van der Waals surface area contributed by atoms with E-state index in [9.17, 15) is 4.57 Å². The molecule has 2 atom stereocenters. The van der Waals surface area contributed by atoms with Crippen LogP contribution in [0.4, 0.5) is 0 Å². The fourth-order valence-corrected chi connectivity index (χ4v) is 6.67. The second-order valence-electron chi connectivity index (χ2n) is 5.70. The molecule has 0 unspecified atom stereocenters. The molecule has 4 rings (SSSR count). The third-order valence-electron chi connectivity index (χ3n) is 4.49. The number of rotatable bonds is 3. The van der Waals surface area contributed by atoms with E-state index < -0.39 is 7.29 Å². The molecule has 1 aliphatic heterocycles. The fourth-order valence-electron chi connectivity index (χ4n) is 3.42. The second-order valence-corrected chi connectivity index (χ2v) is 8.35. The third-order valence-corrected chi connectivity index (χ3v) is 7.73. The summed E-state index contributed by atoms with van der Waals surface area (Å²) in [6.45, 7) is 0. The van der Waals surface area contributed by atoms with E-state index in [0.29, 0.717) is 12.1 Å². The predicted octanol–water partition coefficient (Wildman–Crippen LogP) is 3.32. The lowest BCUT2D eigenvalue weighted by molar-refractivity contribution is 0.553. The van der Waals surface area contributed by atoms with Crippen LogP contribution in [0.5, 0.6) is 0 Å². The minimum Gasteiger partial charge on any atom is -0.296 e. The number of fused-ring (bicyclic) bond motifs is 1. The molecular formula is C18H18NOP. The number of benzene rings is 2. The van der Waals surface area contributed by atoms with E-state index in [4.69, 9.17) is 0 Å². The monoisotopic (exact) mass is 295 g/mol. The Morgan fingerprint density at radius 2 is 1.19 bits per heavy atom. The van der Waals surface area contributed by atoms with Crippen LogP contribution < -0.4 is 10.6 Å². The highest BCUT2D eigenvalue weighted by molar-refractivity contribution is 7.76. The van der Waals surface area contributed by atoms with Crippen molar-refractivity contribution in [2.75, 3.05) is 0 Å². The van der Waals surface area contributed by atoms with Gasteiger partial charge in [-0.15, -0.1) is 0 Å². The molecule has 2 nitrogen and oxygen atoms in total. The topological polar surface area (TPSA) is 20.1 Å². The average molecular weight is 295 g/mol. The first kappa shape index (κ1) is 13.1. The molecule has 1 heterocycles. The highest BCUT2D eigenvalue weighted by Gasteiger charge is 2.57. The van der Waals surface area contributed by atoms with E-state index in [0.717, 1.165) is 23.5 Å². The molecule has 0 N–H and O–H groups in total.